The van der Waals surface area contributed by atoms with Gasteiger partial charge in [-0.1, -0.05) is 44.7 Å². The maximum absolute atomic E-state index is 12.2. The highest BCUT2D eigenvalue weighted by molar-refractivity contribution is 6.01. The molecule has 1 heteroatoms. The van der Waals surface area contributed by atoms with Gasteiger partial charge in [-0.05, 0) is 24.5 Å². The maximum atomic E-state index is 12.2. The maximum Gasteiger partial charge on any atom is 0.166 e. The summed E-state index contributed by atoms with van der Waals surface area (Å²) in [4.78, 5) is 12.2. The minimum absolute atomic E-state index is 0.0683. The van der Waals surface area contributed by atoms with Crippen LogP contribution in [0, 0.1) is 5.92 Å². The molecule has 1 unspecified atom stereocenters. The third kappa shape index (κ3) is 2.50. The van der Waals surface area contributed by atoms with Gasteiger partial charge in [0.25, 0.3) is 0 Å². The number of rotatable bonds is 4. The fourth-order valence-electron chi connectivity index (χ4n) is 1.57. The smallest absolute Gasteiger partial charge is 0.166 e. The molecule has 1 atom stereocenters. The minimum Gasteiger partial charge on any atom is -0.294 e. The van der Waals surface area contributed by atoms with Gasteiger partial charge in [0.2, 0.25) is 0 Å². The molecule has 0 aliphatic carbocycles. The predicted octanol–water partition coefficient (Wildman–Crippen LogP) is 4.10. The van der Waals surface area contributed by atoms with Crippen molar-refractivity contribution in [2.75, 3.05) is 0 Å². The van der Waals surface area contributed by atoms with E-state index in [1.165, 1.54) is 0 Å². The SMILES string of the molecule is C=C=C(C)c1ccccc1C(=O)C(C)CC. The molecule has 0 fully saturated rings. The summed E-state index contributed by atoms with van der Waals surface area (Å²) in [6, 6.07) is 7.66. The monoisotopic (exact) mass is 214 g/mol. The van der Waals surface area contributed by atoms with Crippen molar-refractivity contribution in [2.45, 2.75) is 27.2 Å². The summed E-state index contributed by atoms with van der Waals surface area (Å²) in [6.07, 6.45) is 0.865. The van der Waals surface area contributed by atoms with Crippen molar-refractivity contribution in [1.29, 1.82) is 0 Å². The van der Waals surface area contributed by atoms with Crippen LogP contribution in [0.5, 0.6) is 0 Å². The third-order valence-electron chi connectivity index (χ3n) is 2.92. The van der Waals surface area contributed by atoms with Crippen LogP contribution in [0.15, 0.2) is 36.6 Å². The van der Waals surface area contributed by atoms with Crippen molar-refractivity contribution in [1.82, 2.24) is 0 Å². The van der Waals surface area contributed by atoms with E-state index in [1.807, 2.05) is 45.0 Å². The molecule has 0 aliphatic rings. The van der Waals surface area contributed by atoms with Gasteiger partial charge in [-0.3, -0.25) is 4.79 Å². The second-order valence-electron chi connectivity index (χ2n) is 4.02. The highest BCUT2D eigenvalue weighted by atomic mass is 16.1. The molecule has 1 aromatic carbocycles. The number of carbonyl (C=O) groups is 1. The molecule has 0 heterocycles. The number of allylic oxidation sites excluding steroid dienone is 1. The Morgan fingerprint density at radius 2 is 1.94 bits per heavy atom. The number of ketones is 1. The van der Waals surface area contributed by atoms with Crippen LogP contribution >= 0.6 is 0 Å². The Labute approximate surface area is 97.5 Å². The van der Waals surface area contributed by atoms with Crippen LogP contribution in [0.3, 0.4) is 0 Å². The van der Waals surface area contributed by atoms with E-state index in [0.29, 0.717) is 0 Å². The average Bonchev–Trinajstić information content (AvgIpc) is 2.35. The fraction of sp³-hybridized carbons (Fsp3) is 0.333. The van der Waals surface area contributed by atoms with Gasteiger partial charge in [0.15, 0.2) is 5.78 Å². The molecule has 0 spiro atoms. The van der Waals surface area contributed by atoms with E-state index in [-0.39, 0.29) is 11.7 Å². The molecule has 16 heavy (non-hydrogen) atoms. The van der Waals surface area contributed by atoms with Gasteiger partial charge < -0.3 is 0 Å². The van der Waals surface area contributed by atoms with Gasteiger partial charge in [0.05, 0.1) is 0 Å². The summed E-state index contributed by atoms with van der Waals surface area (Å²) in [5.41, 5.74) is 5.50. The highest BCUT2D eigenvalue weighted by Crippen LogP contribution is 2.21. The molecule has 0 radical (unpaired) electrons. The van der Waals surface area contributed by atoms with Crippen molar-refractivity contribution >= 4 is 11.4 Å². The van der Waals surface area contributed by atoms with Crippen molar-refractivity contribution < 1.29 is 4.79 Å². The standard InChI is InChI=1S/C15H18O/c1-5-11(3)13-9-7-8-10-14(13)15(16)12(4)6-2/h7-10,12H,1,6H2,2-4H3. The van der Waals surface area contributed by atoms with E-state index in [9.17, 15) is 4.79 Å². The zero-order chi connectivity index (χ0) is 12.1. The summed E-state index contributed by atoms with van der Waals surface area (Å²) in [5, 5.41) is 0. The summed E-state index contributed by atoms with van der Waals surface area (Å²) < 4.78 is 0. The molecule has 1 rings (SSSR count). The lowest BCUT2D eigenvalue weighted by Gasteiger charge is -2.11. The van der Waals surface area contributed by atoms with E-state index in [4.69, 9.17) is 0 Å². The number of benzene rings is 1. The zero-order valence-corrected chi connectivity index (χ0v) is 10.2. The lowest BCUT2D eigenvalue weighted by molar-refractivity contribution is 0.0927. The summed E-state index contributed by atoms with van der Waals surface area (Å²) in [5.74, 6) is 0.270. The highest BCUT2D eigenvalue weighted by Gasteiger charge is 2.16. The molecule has 0 aliphatic heterocycles. The Morgan fingerprint density at radius 3 is 2.44 bits per heavy atom. The molecule has 84 valence electrons. The molecule has 0 N–H and O–H groups in total. The summed E-state index contributed by atoms with van der Waals surface area (Å²) >= 11 is 0. The number of hydrogen-bond acceptors (Lipinski definition) is 1. The Kier molecular flexibility index (Phi) is 4.28. The predicted molar refractivity (Wildman–Crippen MR) is 68.4 cm³/mol. The van der Waals surface area contributed by atoms with Crippen molar-refractivity contribution in [3.63, 3.8) is 0 Å². The van der Waals surface area contributed by atoms with E-state index in [1.54, 1.807) is 0 Å². The van der Waals surface area contributed by atoms with Crippen molar-refractivity contribution in [2.24, 2.45) is 5.92 Å². The van der Waals surface area contributed by atoms with Crippen LogP contribution in [-0.2, 0) is 0 Å². The summed E-state index contributed by atoms with van der Waals surface area (Å²) in [6.45, 7) is 9.55. The van der Waals surface area contributed by atoms with Crippen molar-refractivity contribution in [3.05, 3.63) is 47.7 Å². The van der Waals surface area contributed by atoms with Gasteiger partial charge in [-0.15, -0.1) is 5.73 Å². The minimum atomic E-state index is 0.0683. The number of Topliss-reactive ketones (excluding diaryl/α,β-unsaturated/α-hetero) is 1. The Balaban J connectivity index is 3.24. The van der Waals surface area contributed by atoms with Crippen LogP contribution in [0.2, 0.25) is 0 Å². The molecule has 1 aromatic rings. The van der Waals surface area contributed by atoms with E-state index in [0.717, 1.165) is 23.1 Å². The van der Waals surface area contributed by atoms with Gasteiger partial charge in [-0.25, -0.2) is 0 Å². The van der Waals surface area contributed by atoms with Crippen LogP contribution in [0.1, 0.15) is 43.1 Å². The van der Waals surface area contributed by atoms with Crippen LogP contribution in [-0.4, -0.2) is 5.78 Å². The number of hydrogen-bond donors (Lipinski definition) is 0. The first-order valence-electron chi connectivity index (χ1n) is 5.62. The second kappa shape index (κ2) is 5.48. The van der Waals surface area contributed by atoms with Crippen LogP contribution in [0.4, 0.5) is 0 Å². The normalized spacial score (nSPS) is 11.7. The zero-order valence-electron chi connectivity index (χ0n) is 10.2. The fourth-order valence-corrected chi connectivity index (χ4v) is 1.57. The lowest BCUT2D eigenvalue weighted by Crippen LogP contribution is -2.12. The van der Waals surface area contributed by atoms with Gasteiger partial charge in [0.1, 0.15) is 0 Å². The van der Waals surface area contributed by atoms with Crippen LogP contribution < -0.4 is 0 Å². The average molecular weight is 214 g/mol. The Morgan fingerprint density at radius 1 is 1.38 bits per heavy atom. The molecular formula is C15H18O. The number of carbonyl (C=O) groups excluding carboxylic acids is 1. The Bertz CT molecular complexity index is 437. The lowest BCUT2D eigenvalue weighted by atomic mass is 9.91. The van der Waals surface area contributed by atoms with E-state index >= 15 is 0 Å². The van der Waals surface area contributed by atoms with Gasteiger partial charge in [0, 0.05) is 11.5 Å². The summed E-state index contributed by atoms with van der Waals surface area (Å²) in [7, 11) is 0. The largest absolute Gasteiger partial charge is 0.294 e. The van der Waals surface area contributed by atoms with E-state index in [2.05, 4.69) is 12.3 Å². The topological polar surface area (TPSA) is 17.1 Å². The molecule has 0 bridgehead atoms. The molecule has 0 aromatic heterocycles. The van der Waals surface area contributed by atoms with Crippen molar-refractivity contribution in [3.8, 4) is 0 Å². The first-order valence-corrected chi connectivity index (χ1v) is 5.62. The molecule has 0 saturated heterocycles. The first kappa shape index (κ1) is 12.5. The molecular weight excluding hydrogens is 196 g/mol. The third-order valence-corrected chi connectivity index (χ3v) is 2.92. The van der Waals surface area contributed by atoms with Crippen LogP contribution in [0.25, 0.3) is 5.57 Å². The Hall–Kier alpha value is -1.59. The second-order valence-corrected chi connectivity index (χ2v) is 4.02. The molecule has 0 saturated carbocycles. The molecule has 0 amide bonds. The quantitative estimate of drug-likeness (QED) is 0.544. The van der Waals surface area contributed by atoms with Gasteiger partial charge in [-0.2, -0.15) is 0 Å². The van der Waals surface area contributed by atoms with Gasteiger partial charge >= 0.3 is 0 Å². The van der Waals surface area contributed by atoms with E-state index < -0.39 is 0 Å². The first-order chi connectivity index (χ1) is 7.61. The molecule has 1 nitrogen and oxygen atoms in total.